The van der Waals surface area contributed by atoms with Crippen molar-refractivity contribution >= 4 is 0 Å². The average molecular weight is 216 g/mol. The summed E-state index contributed by atoms with van der Waals surface area (Å²) in [5, 5.41) is 11.9. The Morgan fingerprint density at radius 2 is 2.44 bits per heavy atom. The van der Waals surface area contributed by atoms with Gasteiger partial charge in [-0.25, -0.2) is 0 Å². The Kier molecular flexibility index (Phi) is 3.43. The topological polar surface area (TPSA) is 45.0 Å². The number of hydrogen-bond donors (Lipinski definition) is 1. The summed E-state index contributed by atoms with van der Waals surface area (Å²) in [4.78, 5) is 0. The molecule has 0 saturated carbocycles. The zero-order valence-electron chi connectivity index (χ0n) is 9.49. The summed E-state index contributed by atoms with van der Waals surface area (Å²) in [5.41, 5.74) is 2.56. The van der Waals surface area contributed by atoms with Gasteiger partial charge in [-0.15, -0.1) is 0 Å². The van der Waals surface area contributed by atoms with E-state index in [9.17, 15) is 0 Å². The second-order valence-electron chi connectivity index (χ2n) is 4.20. The Morgan fingerprint density at radius 3 is 3.25 bits per heavy atom. The van der Waals surface area contributed by atoms with Crippen molar-refractivity contribution in [2.24, 2.45) is 5.92 Å². The van der Waals surface area contributed by atoms with Crippen LogP contribution in [0.25, 0.3) is 0 Å². The van der Waals surface area contributed by atoms with Gasteiger partial charge in [0.15, 0.2) is 0 Å². The molecular weight excluding hydrogens is 200 g/mol. The van der Waals surface area contributed by atoms with Crippen molar-refractivity contribution < 1.29 is 4.74 Å². The molecule has 16 heavy (non-hydrogen) atoms. The van der Waals surface area contributed by atoms with E-state index in [1.54, 1.807) is 0 Å². The van der Waals surface area contributed by atoms with Crippen LogP contribution >= 0.6 is 0 Å². The van der Waals surface area contributed by atoms with E-state index < -0.39 is 0 Å². The van der Waals surface area contributed by atoms with Gasteiger partial charge in [-0.3, -0.25) is 0 Å². The van der Waals surface area contributed by atoms with E-state index in [2.05, 4.69) is 23.5 Å². The van der Waals surface area contributed by atoms with Crippen LogP contribution in [-0.2, 0) is 13.0 Å². The molecule has 0 aromatic heterocycles. The number of nitrogens with one attached hydrogen (secondary N) is 1. The molecule has 1 aliphatic heterocycles. The van der Waals surface area contributed by atoms with Crippen LogP contribution in [-0.4, -0.2) is 13.2 Å². The van der Waals surface area contributed by atoms with Crippen LogP contribution in [0.1, 0.15) is 18.1 Å². The molecule has 2 rings (SSSR count). The summed E-state index contributed by atoms with van der Waals surface area (Å²) in [7, 11) is 0. The van der Waals surface area contributed by atoms with Gasteiger partial charge in [0.05, 0.1) is 18.6 Å². The number of rotatable bonds is 4. The third-order valence-corrected chi connectivity index (χ3v) is 2.75. The SMILES string of the molecule is CC(C#N)CNCc1ccc2c(c1)CCO2. The summed E-state index contributed by atoms with van der Waals surface area (Å²) in [6.45, 7) is 4.28. The second-order valence-corrected chi connectivity index (χ2v) is 4.20. The van der Waals surface area contributed by atoms with Crippen LogP contribution in [0.2, 0.25) is 0 Å². The number of nitriles is 1. The van der Waals surface area contributed by atoms with Crippen molar-refractivity contribution in [3.05, 3.63) is 29.3 Å². The Bertz CT molecular complexity index is 409. The lowest BCUT2D eigenvalue weighted by molar-refractivity contribution is 0.357. The van der Waals surface area contributed by atoms with Gasteiger partial charge in [0, 0.05) is 19.5 Å². The summed E-state index contributed by atoms with van der Waals surface area (Å²) in [6.07, 6.45) is 1.01. The fourth-order valence-electron chi connectivity index (χ4n) is 1.83. The van der Waals surface area contributed by atoms with E-state index in [0.29, 0.717) is 0 Å². The molecule has 0 fully saturated rings. The lowest BCUT2D eigenvalue weighted by Crippen LogP contribution is -2.19. The molecule has 1 aromatic rings. The van der Waals surface area contributed by atoms with Crippen LogP contribution in [0, 0.1) is 17.2 Å². The van der Waals surface area contributed by atoms with Crippen LogP contribution in [0.5, 0.6) is 5.75 Å². The third kappa shape index (κ3) is 2.53. The Morgan fingerprint density at radius 1 is 1.56 bits per heavy atom. The highest BCUT2D eigenvalue weighted by Gasteiger charge is 2.11. The molecule has 0 saturated heterocycles. The molecule has 1 atom stereocenters. The van der Waals surface area contributed by atoms with Crippen molar-refractivity contribution in [1.29, 1.82) is 5.26 Å². The summed E-state index contributed by atoms with van der Waals surface area (Å²) < 4.78 is 5.45. The van der Waals surface area contributed by atoms with E-state index in [1.807, 2.05) is 13.0 Å². The van der Waals surface area contributed by atoms with Crippen LogP contribution < -0.4 is 10.1 Å². The Balaban J connectivity index is 1.89. The minimum atomic E-state index is 0.0674. The molecule has 0 radical (unpaired) electrons. The van der Waals surface area contributed by atoms with Crippen molar-refractivity contribution in [3.63, 3.8) is 0 Å². The lowest BCUT2D eigenvalue weighted by Gasteiger charge is -2.07. The molecule has 1 aromatic carbocycles. The highest BCUT2D eigenvalue weighted by molar-refractivity contribution is 5.39. The Labute approximate surface area is 96.0 Å². The van der Waals surface area contributed by atoms with Crippen LogP contribution in [0.15, 0.2) is 18.2 Å². The maximum Gasteiger partial charge on any atom is 0.122 e. The summed E-state index contributed by atoms with van der Waals surface area (Å²) in [6, 6.07) is 8.51. The van der Waals surface area contributed by atoms with E-state index in [-0.39, 0.29) is 5.92 Å². The first-order chi connectivity index (χ1) is 7.79. The number of fused-ring (bicyclic) bond motifs is 1. The number of ether oxygens (including phenoxy) is 1. The highest BCUT2D eigenvalue weighted by atomic mass is 16.5. The van der Waals surface area contributed by atoms with E-state index in [0.717, 1.165) is 31.9 Å². The fourth-order valence-corrected chi connectivity index (χ4v) is 1.83. The first kappa shape index (κ1) is 11.0. The molecule has 1 aliphatic rings. The van der Waals surface area contributed by atoms with Crippen molar-refractivity contribution in [1.82, 2.24) is 5.32 Å². The predicted octanol–water partition coefficient (Wildman–Crippen LogP) is 1.87. The van der Waals surface area contributed by atoms with Crippen LogP contribution in [0.4, 0.5) is 0 Å². The summed E-state index contributed by atoms with van der Waals surface area (Å²) in [5.74, 6) is 1.09. The minimum Gasteiger partial charge on any atom is -0.493 e. The molecule has 3 nitrogen and oxygen atoms in total. The van der Waals surface area contributed by atoms with Crippen molar-refractivity contribution in [2.45, 2.75) is 19.9 Å². The van der Waals surface area contributed by atoms with E-state index >= 15 is 0 Å². The first-order valence-electron chi connectivity index (χ1n) is 5.64. The third-order valence-electron chi connectivity index (χ3n) is 2.75. The van der Waals surface area contributed by atoms with E-state index in [4.69, 9.17) is 10.00 Å². The van der Waals surface area contributed by atoms with E-state index in [1.165, 1.54) is 11.1 Å². The second kappa shape index (κ2) is 5.00. The number of benzene rings is 1. The minimum absolute atomic E-state index is 0.0674. The smallest absolute Gasteiger partial charge is 0.122 e. The average Bonchev–Trinajstić information content (AvgIpc) is 2.76. The maximum atomic E-state index is 8.65. The maximum absolute atomic E-state index is 8.65. The largest absolute Gasteiger partial charge is 0.493 e. The summed E-state index contributed by atoms with van der Waals surface area (Å²) >= 11 is 0. The monoisotopic (exact) mass is 216 g/mol. The molecule has 1 heterocycles. The van der Waals surface area contributed by atoms with Gasteiger partial charge in [-0.2, -0.15) is 5.26 Å². The molecule has 3 heteroatoms. The van der Waals surface area contributed by atoms with Gasteiger partial charge in [0.25, 0.3) is 0 Å². The number of hydrogen-bond acceptors (Lipinski definition) is 3. The van der Waals surface area contributed by atoms with Gasteiger partial charge in [-0.05, 0) is 24.1 Å². The lowest BCUT2D eigenvalue weighted by atomic mass is 10.1. The zero-order chi connectivity index (χ0) is 11.4. The van der Waals surface area contributed by atoms with Gasteiger partial charge < -0.3 is 10.1 Å². The van der Waals surface area contributed by atoms with Gasteiger partial charge >= 0.3 is 0 Å². The quantitative estimate of drug-likeness (QED) is 0.835. The fraction of sp³-hybridized carbons (Fsp3) is 0.462. The zero-order valence-corrected chi connectivity index (χ0v) is 9.49. The van der Waals surface area contributed by atoms with Crippen molar-refractivity contribution in [2.75, 3.05) is 13.2 Å². The number of nitrogens with zero attached hydrogens (tertiary/aromatic N) is 1. The molecular formula is C13H16N2O. The Hall–Kier alpha value is -1.53. The first-order valence-corrected chi connectivity index (χ1v) is 5.64. The molecule has 1 N–H and O–H groups in total. The highest BCUT2D eigenvalue weighted by Crippen LogP contribution is 2.25. The normalized spacial score (nSPS) is 15.0. The molecule has 0 aliphatic carbocycles. The standard InChI is InChI=1S/C13H16N2O/c1-10(7-14)8-15-9-11-2-3-13-12(6-11)4-5-16-13/h2-3,6,10,15H,4-5,8-9H2,1H3. The molecule has 0 amide bonds. The predicted molar refractivity (Wildman–Crippen MR) is 62.1 cm³/mol. The molecule has 0 bridgehead atoms. The molecule has 1 unspecified atom stereocenters. The van der Waals surface area contributed by atoms with Gasteiger partial charge in [0.2, 0.25) is 0 Å². The van der Waals surface area contributed by atoms with Crippen molar-refractivity contribution in [3.8, 4) is 11.8 Å². The van der Waals surface area contributed by atoms with Gasteiger partial charge in [-0.1, -0.05) is 12.1 Å². The van der Waals surface area contributed by atoms with Crippen LogP contribution in [0.3, 0.4) is 0 Å². The molecule has 0 spiro atoms. The van der Waals surface area contributed by atoms with Gasteiger partial charge in [0.1, 0.15) is 5.75 Å². The molecule has 84 valence electrons.